The molecule has 3 aromatic carbocycles. The molecule has 5 rings (SSSR count). The van der Waals surface area contributed by atoms with E-state index in [-0.39, 0.29) is 5.69 Å². The van der Waals surface area contributed by atoms with Gasteiger partial charge < -0.3 is 4.42 Å². The van der Waals surface area contributed by atoms with Crippen molar-refractivity contribution in [3.8, 4) is 28.7 Å². The van der Waals surface area contributed by atoms with E-state index in [1.54, 1.807) is 36.4 Å². The minimum atomic E-state index is -0.446. The van der Waals surface area contributed by atoms with Gasteiger partial charge in [-0.25, -0.2) is 4.98 Å². The molecule has 0 saturated carbocycles. The second-order valence-electron chi connectivity index (χ2n) is 7.21. The number of allylic oxidation sites excluding steroid dienone is 1. The Bertz CT molecular complexity index is 1570. The molecule has 0 unspecified atom stereocenters. The largest absolute Gasteiger partial charge is 0.456 e. The number of hydrogen-bond donors (Lipinski definition) is 0. The maximum atomic E-state index is 11.3. The van der Waals surface area contributed by atoms with Gasteiger partial charge in [0.25, 0.3) is 5.69 Å². The molecule has 5 aromatic rings. The van der Waals surface area contributed by atoms with Crippen LogP contribution in [0.15, 0.2) is 88.7 Å². The van der Waals surface area contributed by atoms with Crippen LogP contribution in [0.3, 0.4) is 0 Å². The molecule has 0 saturated heterocycles. The second-order valence-corrected chi connectivity index (χ2v) is 8.07. The average molecular weight is 449 g/mol. The van der Waals surface area contributed by atoms with Gasteiger partial charge in [0.15, 0.2) is 0 Å². The van der Waals surface area contributed by atoms with Crippen molar-refractivity contribution in [3.63, 3.8) is 0 Å². The summed E-state index contributed by atoms with van der Waals surface area (Å²) < 4.78 is 5.81. The van der Waals surface area contributed by atoms with E-state index in [1.807, 2.05) is 29.6 Å². The zero-order valence-corrected chi connectivity index (χ0v) is 18.0. The summed E-state index contributed by atoms with van der Waals surface area (Å²) in [5.74, 6) is 0.781. The molecule has 0 N–H and O–H groups in total. The number of benzene rings is 3. The molecule has 0 bridgehead atoms. The quantitative estimate of drug-likeness (QED) is 0.161. The van der Waals surface area contributed by atoms with Crippen molar-refractivity contribution in [2.45, 2.75) is 0 Å². The second kappa shape index (κ2) is 8.54. The fraction of sp³-hybridized carbons (Fsp3) is 0. The molecule has 158 valence electrons. The van der Waals surface area contributed by atoms with Crippen LogP contribution in [0.25, 0.3) is 45.0 Å². The third-order valence-corrected chi connectivity index (χ3v) is 6.08. The van der Waals surface area contributed by atoms with Gasteiger partial charge in [0, 0.05) is 23.1 Å². The number of nitro benzene ring substituents is 1. The summed E-state index contributed by atoms with van der Waals surface area (Å²) in [5, 5.41) is 25.8. The summed E-state index contributed by atoms with van der Waals surface area (Å²) in [6.07, 6.45) is 1.60. The lowest BCUT2D eigenvalue weighted by molar-refractivity contribution is -0.384. The van der Waals surface area contributed by atoms with Crippen molar-refractivity contribution in [3.05, 3.63) is 105 Å². The molecule has 33 heavy (non-hydrogen) atoms. The van der Waals surface area contributed by atoms with Crippen LogP contribution >= 0.6 is 11.3 Å². The van der Waals surface area contributed by atoms with Gasteiger partial charge in [-0.05, 0) is 29.0 Å². The van der Waals surface area contributed by atoms with Gasteiger partial charge in [-0.1, -0.05) is 54.6 Å². The smallest absolute Gasteiger partial charge is 0.280 e. The molecule has 6 nitrogen and oxygen atoms in total. The summed E-state index contributed by atoms with van der Waals surface area (Å²) in [5.41, 5.74) is 2.50. The van der Waals surface area contributed by atoms with E-state index in [4.69, 9.17) is 9.40 Å². The molecule has 7 heteroatoms. The van der Waals surface area contributed by atoms with Crippen molar-refractivity contribution in [1.82, 2.24) is 4.98 Å². The Morgan fingerprint density at radius 3 is 2.61 bits per heavy atom. The highest BCUT2D eigenvalue weighted by atomic mass is 32.1. The molecule has 0 amide bonds. The van der Waals surface area contributed by atoms with E-state index < -0.39 is 4.92 Å². The van der Waals surface area contributed by atoms with Crippen LogP contribution in [0.4, 0.5) is 5.69 Å². The topological polar surface area (TPSA) is 93.0 Å². The highest BCUT2D eigenvalue weighted by molar-refractivity contribution is 7.11. The van der Waals surface area contributed by atoms with E-state index in [2.05, 4.69) is 24.3 Å². The Morgan fingerprint density at radius 1 is 1.00 bits per heavy atom. The number of para-hydroxylation sites is 1. The van der Waals surface area contributed by atoms with Crippen LogP contribution in [0.1, 0.15) is 10.8 Å². The first-order valence-corrected chi connectivity index (χ1v) is 10.9. The molecule has 0 spiro atoms. The van der Waals surface area contributed by atoms with E-state index in [0.29, 0.717) is 27.7 Å². The van der Waals surface area contributed by atoms with Gasteiger partial charge in [-0.15, -0.1) is 11.3 Å². The molecule has 2 heterocycles. The van der Waals surface area contributed by atoms with Crippen LogP contribution in [-0.4, -0.2) is 9.91 Å². The van der Waals surface area contributed by atoms with Crippen molar-refractivity contribution >= 4 is 39.4 Å². The Hall–Kier alpha value is -4.54. The van der Waals surface area contributed by atoms with Crippen LogP contribution in [0.5, 0.6) is 0 Å². The minimum absolute atomic E-state index is 0.0393. The van der Waals surface area contributed by atoms with Gasteiger partial charge in [-0.3, -0.25) is 10.1 Å². The van der Waals surface area contributed by atoms with Crippen molar-refractivity contribution in [1.29, 1.82) is 5.26 Å². The van der Waals surface area contributed by atoms with Gasteiger partial charge in [0.1, 0.15) is 22.6 Å². The lowest BCUT2D eigenvalue weighted by Crippen LogP contribution is -1.90. The monoisotopic (exact) mass is 449 g/mol. The van der Waals surface area contributed by atoms with Crippen LogP contribution in [0.2, 0.25) is 0 Å². The zero-order valence-electron chi connectivity index (χ0n) is 17.1. The van der Waals surface area contributed by atoms with Crippen LogP contribution in [-0.2, 0) is 0 Å². The maximum absolute atomic E-state index is 11.3. The molecule has 0 aliphatic carbocycles. The number of nitro groups is 1. The number of thiazole rings is 1. The van der Waals surface area contributed by atoms with Gasteiger partial charge in [0.05, 0.1) is 21.8 Å². The Balaban J connectivity index is 1.49. The van der Waals surface area contributed by atoms with Crippen molar-refractivity contribution in [2.24, 2.45) is 0 Å². The fourth-order valence-electron chi connectivity index (χ4n) is 3.67. The van der Waals surface area contributed by atoms with Gasteiger partial charge in [-0.2, -0.15) is 5.26 Å². The predicted octanol–water partition coefficient (Wildman–Crippen LogP) is 7.20. The number of fused-ring (bicyclic) bond motifs is 1. The molecular weight excluding hydrogens is 434 g/mol. The normalized spacial score (nSPS) is 11.4. The van der Waals surface area contributed by atoms with E-state index >= 15 is 0 Å². The molecule has 0 atom stereocenters. The number of nitriles is 1. The van der Waals surface area contributed by atoms with Crippen LogP contribution < -0.4 is 0 Å². The molecule has 0 fully saturated rings. The first-order chi connectivity index (χ1) is 16.1. The standard InChI is InChI=1S/C26H15N3O3S/c27-15-18(14-19-12-13-25(32-19)22-9-3-4-11-24(22)29(30)31)26-28-23(16-33-26)21-10-5-7-17-6-1-2-8-20(17)21/h1-14,16H. The third-order valence-electron chi connectivity index (χ3n) is 5.20. The average Bonchev–Trinajstić information content (AvgIpc) is 3.52. The Labute approximate surface area is 192 Å². The highest BCUT2D eigenvalue weighted by Gasteiger charge is 2.17. The summed E-state index contributed by atoms with van der Waals surface area (Å²) in [6.45, 7) is 0. The first kappa shape index (κ1) is 20.4. The number of furan rings is 1. The maximum Gasteiger partial charge on any atom is 0.280 e. The number of hydrogen-bond acceptors (Lipinski definition) is 6. The molecule has 0 radical (unpaired) electrons. The van der Waals surface area contributed by atoms with Gasteiger partial charge in [0.2, 0.25) is 0 Å². The minimum Gasteiger partial charge on any atom is -0.456 e. The molecule has 2 aromatic heterocycles. The van der Waals surface area contributed by atoms with Crippen molar-refractivity contribution in [2.75, 3.05) is 0 Å². The predicted molar refractivity (Wildman–Crippen MR) is 129 cm³/mol. The Kier molecular flexibility index (Phi) is 5.27. The summed E-state index contributed by atoms with van der Waals surface area (Å²) in [7, 11) is 0. The number of nitrogens with zero attached hydrogens (tertiary/aromatic N) is 3. The lowest BCUT2D eigenvalue weighted by atomic mass is 10.0. The summed E-state index contributed by atoms with van der Waals surface area (Å²) in [4.78, 5) is 15.6. The third kappa shape index (κ3) is 3.91. The van der Waals surface area contributed by atoms with Gasteiger partial charge >= 0.3 is 0 Å². The van der Waals surface area contributed by atoms with E-state index in [9.17, 15) is 15.4 Å². The molecule has 0 aliphatic heterocycles. The SMILES string of the molecule is N#CC(=Cc1ccc(-c2ccccc2[N+](=O)[O-])o1)c1nc(-c2cccc3ccccc23)cs1. The van der Waals surface area contributed by atoms with Crippen molar-refractivity contribution < 1.29 is 9.34 Å². The summed E-state index contributed by atoms with van der Waals surface area (Å²) in [6, 6.07) is 26.1. The number of rotatable bonds is 5. The van der Waals surface area contributed by atoms with Crippen LogP contribution in [0, 0.1) is 21.4 Å². The zero-order chi connectivity index (χ0) is 22.8. The Morgan fingerprint density at radius 2 is 1.76 bits per heavy atom. The fourth-order valence-corrected chi connectivity index (χ4v) is 4.46. The van der Waals surface area contributed by atoms with E-state index in [1.165, 1.54) is 17.4 Å². The lowest BCUT2D eigenvalue weighted by Gasteiger charge is -2.03. The highest BCUT2D eigenvalue weighted by Crippen LogP contribution is 2.34. The molecule has 0 aliphatic rings. The summed E-state index contributed by atoms with van der Waals surface area (Å²) >= 11 is 1.38. The number of aromatic nitrogens is 1. The molecular formula is C26H15N3O3S. The van der Waals surface area contributed by atoms with E-state index in [0.717, 1.165) is 22.0 Å². The first-order valence-electron chi connectivity index (χ1n) is 10.0.